The van der Waals surface area contributed by atoms with Crippen LogP contribution in [-0.2, 0) is 28.9 Å². The molecule has 4 aromatic carbocycles. The van der Waals surface area contributed by atoms with Crippen molar-refractivity contribution in [1.29, 1.82) is 0 Å². The molecule has 1 amide bonds. The lowest BCUT2D eigenvalue weighted by atomic mass is 9.99. The number of carbonyl (C=O) groups excluding carboxylic acids is 1. The van der Waals surface area contributed by atoms with Gasteiger partial charge in [-0.15, -0.1) is 22.0 Å². The van der Waals surface area contributed by atoms with Crippen molar-refractivity contribution in [2.75, 3.05) is 48.7 Å². The van der Waals surface area contributed by atoms with Crippen molar-refractivity contribution < 1.29 is 44.7 Å². The molecule has 0 radical (unpaired) electrons. The summed E-state index contributed by atoms with van der Waals surface area (Å²) in [6, 6.07) is 24.2. The molecule has 1 saturated heterocycles. The number of halogens is 6. The van der Waals surface area contributed by atoms with Crippen molar-refractivity contribution in [3.05, 3.63) is 126 Å². The Morgan fingerprint density at radius 1 is 0.786 bits per heavy atom. The minimum absolute atomic E-state index is 0.0679. The van der Waals surface area contributed by atoms with E-state index < -0.39 is 50.0 Å². The summed E-state index contributed by atoms with van der Waals surface area (Å²) in [5.74, 6) is -0.467. The second kappa shape index (κ2) is 16.8. The maximum Gasteiger partial charge on any atom is 0.418 e. The third-order valence-electron chi connectivity index (χ3n) is 8.75. The first-order valence-corrected chi connectivity index (χ1v) is 19.5. The molecule has 3 N–H and O–H groups in total. The lowest BCUT2D eigenvalue weighted by molar-refractivity contribution is -0.138. The van der Waals surface area contributed by atoms with Gasteiger partial charge in [0, 0.05) is 55.6 Å². The number of rotatable bonds is 12. The van der Waals surface area contributed by atoms with E-state index in [9.17, 15) is 44.7 Å². The molecule has 0 atom stereocenters. The van der Waals surface area contributed by atoms with Crippen LogP contribution in [0, 0.1) is 0 Å². The first-order chi connectivity index (χ1) is 26.5. The number of anilines is 2. The van der Waals surface area contributed by atoms with Crippen molar-refractivity contribution >= 4 is 39.2 Å². The molecule has 1 aliphatic heterocycles. The number of phenols is 1. The minimum Gasteiger partial charge on any atom is -0.508 e. The van der Waals surface area contributed by atoms with E-state index in [1.165, 1.54) is 36.0 Å². The van der Waals surface area contributed by atoms with Gasteiger partial charge in [0.25, 0.3) is 15.9 Å². The standard InChI is InChI=1S/C38H34F6N6O4S2/c39-37(40,41)28-20-25(19-27(21-28)26-5-4-6-29(51)22-26)24-49-14-16-50(17-15-49)35-12-11-34(46-47-35)36(52)48-56(53,54)31-9-10-33(32(23-31)38(42,43)44)45-13-18-55-30-7-2-1-3-8-30/h1-12,19-23,45,51H,13-18,24H2,(H,48,52). The Hall–Kier alpha value is -5.33. The monoisotopic (exact) mass is 816 g/mol. The van der Waals surface area contributed by atoms with Crippen molar-refractivity contribution in [3.8, 4) is 16.9 Å². The van der Waals surface area contributed by atoms with Crippen LogP contribution in [-0.4, -0.2) is 73.0 Å². The topological polar surface area (TPSA) is 128 Å². The molecule has 1 aliphatic rings. The Kier molecular flexibility index (Phi) is 12.1. The van der Waals surface area contributed by atoms with Crippen LogP contribution in [0.2, 0.25) is 0 Å². The zero-order valence-electron chi connectivity index (χ0n) is 29.3. The third kappa shape index (κ3) is 10.3. The summed E-state index contributed by atoms with van der Waals surface area (Å²) < 4.78 is 111. The SMILES string of the molecule is O=C(NS(=O)(=O)c1ccc(NCCSc2ccccc2)c(C(F)(F)F)c1)c1ccc(N2CCN(Cc3cc(-c4cccc(O)c4)cc(C(F)(F)F)c3)CC2)nn1. The number of aromatic hydroxyl groups is 1. The second-order valence-corrected chi connectivity index (χ2v) is 15.6. The lowest BCUT2D eigenvalue weighted by Crippen LogP contribution is -2.46. The summed E-state index contributed by atoms with van der Waals surface area (Å²) in [4.78, 5) is 16.8. The van der Waals surface area contributed by atoms with E-state index in [0.29, 0.717) is 60.5 Å². The van der Waals surface area contributed by atoms with Crippen LogP contribution in [0.5, 0.6) is 5.75 Å². The molecule has 0 saturated carbocycles. The lowest BCUT2D eigenvalue weighted by Gasteiger charge is -2.35. The molecule has 1 fully saturated rings. The van der Waals surface area contributed by atoms with E-state index in [0.717, 1.165) is 29.2 Å². The van der Waals surface area contributed by atoms with Crippen molar-refractivity contribution in [2.24, 2.45) is 0 Å². The van der Waals surface area contributed by atoms with Gasteiger partial charge in [-0.05, 0) is 89.5 Å². The molecule has 2 heterocycles. The molecule has 0 bridgehead atoms. The fraction of sp³-hybridized carbons (Fsp3) is 0.237. The number of hydrogen-bond acceptors (Lipinski definition) is 10. The quantitative estimate of drug-likeness (QED) is 0.0661. The van der Waals surface area contributed by atoms with Crippen LogP contribution >= 0.6 is 11.8 Å². The summed E-state index contributed by atoms with van der Waals surface area (Å²) in [5, 5.41) is 20.4. The minimum atomic E-state index is -4.90. The second-order valence-electron chi connectivity index (χ2n) is 12.7. The van der Waals surface area contributed by atoms with E-state index in [1.807, 2.05) is 40.1 Å². The molecular weight excluding hydrogens is 783 g/mol. The van der Waals surface area contributed by atoms with Crippen LogP contribution in [0.4, 0.5) is 37.8 Å². The number of benzene rings is 4. The summed E-state index contributed by atoms with van der Waals surface area (Å²) >= 11 is 1.44. The first-order valence-electron chi connectivity index (χ1n) is 17.1. The summed E-state index contributed by atoms with van der Waals surface area (Å²) in [7, 11) is -4.75. The number of nitrogens with zero attached hydrogens (tertiary/aromatic N) is 4. The molecule has 5 aromatic rings. The van der Waals surface area contributed by atoms with Crippen molar-refractivity contribution in [1.82, 2.24) is 19.8 Å². The molecule has 294 valence electrons. The van der Waals surface area contributed by atoms with Crippen LogP contribution < -0.4 is 14.9 Å². The Bertz CT molecular complexity index is 2270. The van der Waals surface area contributed by atoms with Gasteiger partial charge in [0.1, 0.15) is 5.75 Å². The number of thioether (sulfide) groups is 1. The van der Waals surface area contributed by atoms with Crippen LogP contribution in [0.25, 0.3) is 11.1 Å². The number of alkyl halides is 6. The van der Waals surface area contributed by atoms with Gasteiger partial charge >= 0.3 is 12.4 Å². The Morgan fingerprint density at radius 2 is 1.54 bits per heavy atom. The highest BCUT2D eigenvalue weighted by Gasteiger charge is 2.36. The van der Waals surface area contributed by atoms with Gasteiger partial charge in [-0.2, -0.15) is 26.3 Å². The van der Waals surface area contributed by atoms with Gasteiger partial charge < -0.3 is 15.3 Å². The van der Waals surface area contributed by atoms with Gasteiger partial charge in [0.2, 0.25) is 0 Å². The van der Waals surface area contributed by atoms with E-state index >= 15 is 0 Å². The van der Waals surface area contributed by atoms with Gasteiger partial charge in [-0.25, -0.2) is 13.1 Å². The molecule has 6 rings (SSSR count). The number of sulfonamides is 1. The molecule has 18 heteroatoms. The number of amides is 1. The highest BCUT2D eigenvalue weighted by Crippen LogP contribution is 2.37. The van der Waals surface area contributed by atoms with Gasteiger partial charge in [-0.1, -0.05) is 30.3 Å². The average molecular weight is 817 g/mol. The highest BCUT2D eigenvalue weighted by molar-refractivity contribution is 7.99. The Labute approximate surface area is 322 Å². The Morgan fingerprint density at radius 3 is 2.20 bits per heavy atom. The highest BCUT2D eigenvalue weighted by atomic mass is 32.2. The zero-order valence-corrected chi connectivity index (χ0v) is 30.9. The third-order valence-corrected chi connectivity index (χ3v) is 11.1. The zero-order chi connectivity index (χ0) is 40.1. The maximum absolute atomic E-state index is 14.0. The average Bonchev–Trinajstić information content (AvgIpc) is 3.16. The predicted octanol–water partition coefficient (Wildman–Crippen LogP) is 7.53. The Balaban J connectivity index is 1.05. The number of aromatic nitrogens is 2. The molecule has 0 aliphatic carbocycles. The van der Waals surface area contributed by atoms with Crippen LogP contribution in [0.15, 0.2) is 113 Å². The molecule has 10 nitrogen and oxygen atoms in total. The van der Waals surface area contributed by atoms with E-state index in [-0.39, 0.29) is 24.5 Å². The number of phenolic OH excluding ortho intramolecular Hbond substituents is 1. The van der Waals surface area contributed by atoms with Crippen LogP contribution in [0.1, 0.15) is 27.2 Å². The first kappa shape index (κ1) is 40.3. The number of carbonyl (C=O) groups is 1. The van der Waals surface area contributed by atoms with E-state index in [2.05, 4.69) is 15.5 Å². The summed E-state index contributed by atoms with van der Waals surface area (Å²) in [6.45, 7) is 2.09. The maximum atomic E-state index is 14.0. The normalized spacial score (nSPS) is 14.1. The van der Waals surface area contributed by atoms with Gasteiger partial charge in [0.05, 0.1) is 16.0 Å². The number of piperazine rings is 1. The number of nitrogens with one attached hydrogen (secondary N) is 2. The van der Waals surface area contributed by atoms with Crippen molar-refractivity contribution in [3.63, 3.8) is 0 Å². The van der Waals surface area contributed by atoms with Gasteiger partial charge in [-0.3, -0.25) is 9.69 Å². The van der Waals surface area contributed by atoms with E-state index in [1.54, 1.807) is 22.9 Å². The molecule has 56 heavy (non-hydrogen) atoms. The van der Waals surface area contributed by atoms with Crippen LogP contribution in [0.3, 0.4) is 0 Å². The molecule has 0 unspecified atom stereocenters. The fourth-order valence-corrected chi connectivity index (χ4v) is 7.77. The largest absolute Gasteiger partial charge is 0.508 e. The smallest absolute Gasteiger partial charge is 0.418 e. The molecule has 0 spiro atoms. The fourth-order valence-electron chi connectivity index (χ4n) is 5.99. The van der Waals surface area contributed by atoms with E-state index in [4.69, 9.17) is 0 Å². The van der Waals surface area contributed by atoms with Crippen molar-refractivity contribution in [2.45, 2.75) is 28.7 Å². The number of hydrogen-bond donors (Lipinski definition) is 3. The van der Waals surface area contributed by atoms with Gasteiger partial charge in [0.15, 0.2) is 11.5 Å². The molecule has 1 aromatic heterocycles. The molecular formula is C38H34F6N6O4S2. The summed E-state index contributed by atoms with van der Waals surface area (Å²) in [6.07, 6.45) is -9.47. The predicted molar refractivity (Wildman–Crippen MR) is 200 cm³/mol. The summed E-state index contributed by atoms with van der Waals surface area (Å²) in [5.41, 5.74) is -1.53.